The third-order valence-corrected chi connectivity index (χ3v) is 4.53. The summed E-state index contributed by atoms with van der Waals surface area (Å²) in [4.78, 5) is 24.3. The van der Waals surface area contributed by atoms with E-state index in [-0.39, 0.29) is 23.6 Å². The zero-order valence-corrected chi connectivity index (χ0v) is 12.7. The minimum Gasteiger partial charge on any atom is -0.488 e. The minimum absolute atomic E-state index is 0.00241. The van der Waals surface area contributed by atoms with Crippen molar-refractivity contribution in [2.75, 3.05) is 0 Å². The van der Waals surface area contributed by atoms with Crippen molar-refractivity contribution in [3.63, 3.8) is 0 Å². The van der Waals surface area contributed by atoms with Crippen LogP contribution in [0.25, 0.3) is 0 Å². The molecule has 1 heterocycles. The van der Waals surface area contributed by atoms with E-state index in [0.29, 0.717) is 17.7 Å². The second kappa shape index (κ2) is 5.23. The highest BCUT2D eigenvalue weighted by Gasteiger charge is 2.41. The monoisotopic (exact) mass is 308 g/mol. The maximum absolute atomic E-state index is 13.0. The summed E-state index contributed by atoms with van der Waals surface area (Å²) in [5.74, 6) is 0.130. The second-order valence-corrected chi connectivity index (χ2v) is 6.03. The van der Waals surface area contributed by atoms with Gasteiger partial charge in [-0.2, -0.15) is 0 Å². The van der Waals surface area contributed by atoms with Crippen LogP contribution in [0.3, 0.4) is 0 Å². The second-order valence-electron chi connectivity index (χ2n) is 6.03. The van der Waals surface area contributed by atoms with E-state index in [1.165, 1.54) is 18.1 Å². The zero-order valence-electron chi connectivity index (χ0n) is 12.7. The molecule has 116 valence electrons. The third kappa shape index (κ3) is 2.31. The van der Waals surface area contributed by atoms with E-state index < -0.39 is 5.97 Å². The summed E-state index contributed by atoms with van der Waals surface area (Å²) in [6.45, 7) is 1.33. The summed E-state index contributed by atoms with van der Waals surface area (Å²) in [7, 11) is 0. The van der Waals surface area contributed by atoms with Crippen LogP contribution in [0.5, 0.6) is 11.5 Å². The largest absolute Gasteiger partial charge is 0.488 e. The Labute approximate surface area is 134 Å². The molecule has 2 aromatic carbocycles. The van der Waals surface area contributed by atoms with Crippen molar-refractivity contribution in [2.24, 2.45) is 5.92 Å². The predicted molar refractivity (Wildman–Crippen MR) is 83.8 cm³/mol. The molecule has 1 aliphatic carbocycles. The molecule has 0 saturated carbocycles. The molecule has 0 bridgehead atoms. The van der Waals surface area contributed by atoms with Gasteiger partial charge in [-0.3, -0.25) is 9.59 Å². The Morgan fingerprint density at radius 3 is 2.57 bits per heavy atom. The summed E-state index contributed by atoms with van der Waals surface area (Å²) in [6.07, 6.45) is 1.23. The Kier molecular flexibility index (Phi) is 3.18. The van der Waals surface area contributed by atoms with Crippen LogP contribution in [-0.2, 0) is 17.6 Å². The SMILES string of the molecule is CC(=O)Oc1cccc2c1C(=O)[C@@H]1Cc3ccccc3C[C@H]1O2. The molecule has 23 heavy (non-hydrogen) atoms. The molecule has 0 radical (unpaired) electrons. The Morgan fingerprint density at radius 1 is 1.09 bits per heavy atom. The van der Waals surface area contributed by atoms with Crippen LogP contribution in [0.2, 0.25) is 0 Å². The highest BCUT2D eigenvalue weighted by atomic mass is 16.5. The number of carbonyl (C=O) groups is 2. The topological polar surface area (TPSA) is 52.6 Å². The van der Waals surface area contributed by atoms with E-state index in [0.717, 1.165) is 6.42 Å². The van der Waals surface area contributed by atoms with Gasteiger partial charge in [-0.05, 0) is 29.7 Å². The first-order chi connectivity index (χ1) is 11.1. The van der Waals surface area contributed by atoms with Gasteiger partial charge in [0.25, 0.3) is 0 Å². The van der Waals surface area contributed by atoms with Crippen molar-refractivity contribution >= 4 is 11.8 Å². The minimum atomic E-state index is -0.442. The Bertz CT molecular complexity index is 809. The first-order valence-corrected chi connectivity index (χ1v) is 7.72. The Hall–Kier alpha value is -2.62. The van der Waals surface area contributed by atoms with Crippen LogP contribution in [0.15, 0.2) is 42.5 Å². The quantitative estimate of drug-likeness (QED) is 0.600. The number of carbonyl (C=O) groups excluding carboxylic acids is 2. The molecular formula is C19H16O4. The fourth-order valence-corrected chi connectivity index (χ4v) is 3.51. The highest BCUT2D eigenvalue weighted by Crippen LogP contribution is 2.41. The van der Waals surface area contributed by atoms with Crippen molar-refractivity contribution in [1.29, 1.82) is 0 Å². The van der Waals surface area contributed by atoms with Crippen LogP contribution < -0.4 is 9.47 Å². The number of ketones is 1. The number of hydrogen-bond donors (Lipinski definition) is 0. The number of Topliss-reactive ketones (excluding diaryl/α,β-unsaturated/α-hetero) is 1. The van der Waals surface area contributed by atoms with Crippen molar-refractivity contribution in [3.05, 3.63) is 59.2 Å². The van der Waals surface area contributed by atoms with Gasteiger partial charge in [-0.1, -0.05) is 30.3 Å². The molecule has 2 aliphatic rings. The molecule has 0 spiro atoms. The summed E-state index contributed by atoms with van der Waals surface area (Å²) in [5, 5.41) is 0. The Morgan fingerprint density at radius 2 is 1.83 bits per heavy atom. The maximum Gasteiger partial charge on any atom is 0.308 e. The number of ether oxygens (including phenoxy) is 2. The van der Waals surface area contributed by atoms with Crippen molar-refractivity contribution in [2.45, 2.75) is 25.9 Å². The molecule has 0 saturated heterocycles. The molecule has 0 aromatic heterocycles. The van der Waals surface area contributed by atoms with Crippen LogP contribution in [0.1, 0.15) is 28.4 Å². The maximum atomic E-state index is 13.0. The van der Waals surface area contributed by atoms with Gasteiger partial charge in [0.2, 0.25) is 0 Å². The molecule has 2 atom stereocenters. The summed E-state index contributed by atoms with van der Waals surface area (Å²) in [6, 6.07) is 13.3. The molecule has 2 aromatic rings. The van der Waals surface area contributed by atoms with Crippen LogP contribution in [0, 0.1) is 5.92 Å². The van der Waals surface area contributed by atoms with Gasteiger partial charge in [0.15, 0.2) is 5.78 Å². The normalized spacial score (nSPS) is 21.5. The number of rotatable bonds is 1. The molecular weight excluding hydrogens is 292 g/mol. The number of hydrogen-bond acceptors (Lipinski definition) is 4. The van der Waals surface area contributed by atoms with Crippen LogP contribution in [-0.4, -0.2) is 17.9 Å². The number of fused-ring (bicyclic) bond motifs is 3. The number of esters is 1. The van der Waals surface area contributed by atoms with Gasteiger partial charge in [-0.25, -0.2) is 0 Å². The van der Waals surface area contributed by atoms with Gasteiger partial charge in [0, 0.05) is 13.3 Å². The van der Waals surface area contributed by atoms with Crippen molar-refractivity contribution in [1.82, 2.24) is 0 Å². The van der Waals surface area contributed by atoms with E-state index in [1.54, 1.807) is 18.2 Å². The van der Waals surface area contributed by atoms with Gasteiger partial charge in [-0.15, -0.1) is 0 Å². The van der Waals surface area contributed by atoms with Crippen LogP contribution in [0.4, 0.5) is 0 Å². The lowest BCUT2D eigenvalue weighted by Gasteiger charge is -2.37. The van der Waals surface area contributed by atoms with E-state index in [4.69, 9.17) is 9.47 Å². The Balaban J connectivity index is 1.75. The van der Waals surface area contributed by atoms with Gasteiger partial charge >= 0.3 is 5.97 Å². The van der Waals surface area contributed by atoms with Crippen molar-refractivity contribution in [3.8, 4) is 11.5 Å². The molecule has 4 heteroatoms. The zero-order chi connectivity index (χ0) is 16.0. The smallest absolute Gasteiger partial charge is 0.308 e. The third-order valence-electron chi connectivity index (χ3n) is 4.53. The molecule has 1 aliphatic heterocycles. The van der Waals surface area contributed by atoms with E-state index in [9.17, 15) is 9.59 Å². The fraction of sp³-hybridized carbons (Fsp3) is 0.263. The lowest BCUT2D eigenvalue weighted by Crippen LogP contribution is -2.43. The van der Waals surface area contributed by atoms with E-state index in [1.807, 2.05) is 12.1 Å². The summed E-state index contributed by atoms with van der Waals surface area (Å²) < 4.78 is 11.3. The summed E-state index contributed by atoms with van der Waals surface area (Å²) in [5.41, 5.74) is 2.82. The van der Waals surface area contributed by atoms with E-state index in [2.05, 4.69) is 12.1 Å². The van der Waals surface area contributed by atoms with Gasteiger partial charge in [0.1, 0.15) is 23.2 Å². The molecule has 0 fully saturated rings. The first-order valence-electron chi connectivity index (χ1n) is 7.72. The fourth-order valence-electron chi connectivity index (χ4n) is 3.51. The van der Waals surface area contributed by atoms with Gasteiger partial charge < -0.3 is 9.47 Å². The van der Waals surface area contributed by atoms with Crippen molar-refractivity contribution < 1.29 is 19.1 Å². The molecule has 0 unspecified atom stereocenters. The lowest BCUT2D eigenvalue weighted by atomic mass is 9.76. The first kappa shape index (κ1) is 14.0. The predicted octanol–water partition coefficient (Wildman–Crippen LogP) is 2.97. The molecule has 4 nitrogen and oxygen atoms in total. The molecule has 0 N–H and O–H groups in total. The standard InChI is InChI=1S/C19H16O4/c1-11(20)22-15-7-4-8-16-18(15)19(21)14-9-12-5-2-3-6-13(12)10-17(14)23-16/h2-8,14,17H,9-10H2,1H3/t14-,17-/m1/s1. The average molecular weight is 308 g/mol. The average Bonchev–Trinajstić information content (AvgIpc) is 2.53. The molecule has 4 rings (SSSR count). The van der Waals surface area contributed by atoms with Crippen LogP contribution >= 0.6 is 0 Å². The summed E-state index contributed by atoms with van der Waals surface area (Å²) >= 11 is 0. The lowest BCUT2D eigenvalue weighted by molar-refractivity contribution is -0.131. The van der Waals surface area contributed by atoms with Gasteiger partial charge in [0.05, 0.1) is 5.92 Å². The highest BCUT2D eigenvalue weighted by molar-refractivity contribution is 6.04. The number of benzene rings is 2. The van der Waals surface area contributed by atoms with E-state index >= 15 is 0 Å². The molecule has 0 amide bonds.